The Morgan fingerprint density at radius 3 is 1.27 bits per heavy atom. The molecule has 0 amide bonds. The van der Waals surface area contributed by atoms with Gasteiger partial charge in [0.1, 0.15) is 37.9 Å². The zero-order valence-corrected chi connectivity index (χ0v) is 37.0. The van der Waals surface area contributed by atoms with Crippen LogP contribution in [-0.4, -0.2) is 36.1 Å². The number of aromatic nitrogens is 4. The second-order valence-corrected chi connectivity index (χ2v) is 23.4. The number of fused-ring (bicyclic) bond motifs is 4. The monoisotopic (exact) mass is 856 g/mol. The van der Waals surface area contributed by atoms with Gasteiger partial charge in [0.25, 0.3) is 0 Å². The third-order valence-corrected chi connectivity index (χ3v) is 20.8. The van der Waals surface area contributed by atoms with Crippen molar-refractivity contribution in [2.75, 3.05) is 0 Å². The molecule has 8 heteroatoms. The molecule has 0 saturated carbocycles. The van der Waals surface area contributed by atoms with E-state index in [1.807, 2.05) is 17.5 Å². The maximum absolute atomic E-state index is 5.96. The molecular formula is C55H36N4OSSi2. The number of hydrogen-bond donors (Lipinski definition) is 0. The lowest BCUT2D eigenvalue weighted by molar-refractivity contribution is 0.604. The molecule has 0 radical (unpaired) electrons. The number of nitrogens with zero attached hydrogens (tertiary/aromatic N) is 4. The molecule has 11 aromatic rings. The van der Waals surface area contributed by atoms with Crippen molar-refractivity contribution in [3.8, 4) is 22.9 Å². The minimum Gasteiger partial charge on any atom is -0.445 e. The van der Waals surface area contributed by atoms with Crippen molar-refractivity contribution in [1.29, 1.82) is 0 Å². The zero-order chi connectivity index (χ0) is 42.2. The number of rotatable bonds is 6. The molecule has 63 heavy (non-hydrogen) atoms. The summed E-state index contributed by atoms with van der Waals surface area (Å²) in [7, 11) is -6.08. The number of aryl methyl sites for hydroxylation is 1. The molecule has 0 saturated heterocycles. The Labute approximate surface area is 370 Å². The third kappa shape index (κ3) is 6.57. The van der Waals surface area contributed by atoms with Crippen molar-refractivity contribution in [3.05, 3.63) is 216 Å². The summed E-state index contributed by atoms with van der Waals surface area (Å²) in [5, 5.41) is 9.11. The Kier molecular flexibility index (Phi) is 9.67. The Morgan fingerprint density at radius 1 is 0.413 bits per heavy atom. The summed E-state index contributed by atoms with van der Waals surface area (Å²) < 4.78 is 5.96. The zero-order valence-electron chi connectivity index (χ0n) is 34.2. The smallest absolute Gasteiger partial charge is 0.245 e. The topological polar surface area (TPSA) is 64.7 Å². The molecule has 11 rings (SSSR count). The van der Waals surface area contributed by atoms with Crippen LogP contribution in [0.2, 0.25) is 0 Å². The van der Waals surface area contributed by atoms with Crippen molar-refractivity contribution < 1.29 is 4.42 Å². The largest absolute Gasteiger partial charge is 0.445 e. The van der Waals surface area contributed by atoms with Crippen molar-refractivity contribution in [2.24, 2.45) is 0 Å². The molecular weight excluding hydrogens is 821 g/mol. The lowest BCUT2D eigenvalue weighted by Gasteiger charge is -2.28. The molecule has 0 unspecified atom stereocenters. The van der Waals surface area contributed by atoms with Gasteiger partial charge >= 0.3 is 0 Å². The second kappa shape index (κ2) is 15.9. The fourth-order valence-electron chi connectivity index (χ4n) is 8.73. The molecule has 0 spiro atoms. The molecule has 0 aliphatic carbocycles. The molecule has 5 nitrogen and oxygen atoms in total. The van der Waals surface area contributed by atoms with Crippen LogP contribution in [-0.2, 0) is 0 Å². The number of thiophene rings is 1. The van der Waals surface area contributed by atoms with Gasteiger partial charge in [-0.3, -0.25) is 0 Å². The van der Waals surface area contributed by atoms with Crippen molar-refractivity contribution in [1.82, 2.24) is 19.9 Å². The minimum atomic E-state index is -3.05. The SMILES string of the molecule is Cc1ccc([Si](C#Cc2c3nc4ccoc4nc3c(C#C[Si](c3ccccc3)(c3ccccc3)c3ccccc3)c3nc4ccsc4nc23)(c2ccccc2)c2ccccc2)cc1. The Bertz CT molecular complexity index is 3350. The number of hydrogen-bond acceptors (Lipinski definition) is 6. The molecule has 0 bridgehead atoms. The average Bonchev–Trinajstić information content (AvgIpc) is 4.02. The summed E-state index contributed by atoms with van der Waals surface area (Å²) >= 11 is 1.56. The first-order chi connectivity index (χ1) is 31.1. The average molecular weight is 857 g/mol. The van der Waals surface area contributed by atoms with Crippen LogP contribution in [0.15, 0.2) is 204 Å². The van der Waals surface area contributed by atoms with E-state index < -0.39 is 16.1 Å². The van der Waals surface area contributed by atoms with E-state index in [1.165, 1.54) is 36.7 Å². The molecule has 0 aliphatic rings. The van der Waals surface area contributed by atoms with Gasteiger partial charge in [0.2, 0.25) is 21.9 Å². The van der Waals surface area contributed by atoms with Crippen LogP contribution in [0, 0.1) is 29.9 Å². The molecule has 4 heterocycles. The van der Waals surface area contributed by atoms with Crippen LogP contribution in [0.3, 0.4) is 0 Å². The minimum absolute atomic E-state index is 0.419. The first-order valence-electron chi connectivity index (χ1n) is 20.8. The van der Waals surface area contributed by atoms with Crippen LogP contribution in [0.5, 0.6) is 0 Å². The second-order valence-electron chi connectivity index (χ2n) is 15.5. The summed E-state index contributed by atoms with van der Waals surface area (Å²) in [6, 6.07) is 66.2. The van der Waals surface area contributed by atoms with E-state index in [0.717, 1.165) is 10.3 Å². The van der Waals surface area contributed by atoms with E-state index in [-0.39, 0.29) is 0 Å². The van der Waals surface area contributed by atoms with Gasteiger partial charge in [-0.1, -0.05) is 193 Å². The standard InChI is InChI=1S/C55H36N4OSSi2/c1-39-27-29-45(30-28-39)63(43-23-13-5-14-24-43,44-25-15-6-16-26-44)38-34-47-50-52(58-54-48(56-50)31-35-60-54)46(51-53(47)59-55-49(57-51)32-36-61-55)33-37-62(40-17-7-2-8-18-40,41-19-9-3-10-20-41)42-21-11-4-12-22-42/h2-32,35-36H,1H3. The van der Waals surface area contributed by atoms with Gasteiger partial charge in [-0.25, -0.2) is 19.9 Å². The molecule has 0 N–H and O–H groups in total. The highest BCUT2D eigenvalue weighted by molar-refractivity contribution is 7.17. The third-order valence-electron chi connectivity index (χ3n) is 11.8. The van der Waals surface area contributed by atoms with Gasteiger partial charge in [0.05, 0.1) is 17.4 Å². The first-order valence-corrected chi connectivity index (χ1v) is 25.7. The Balaban J connectivity index is 1.27. The maximum Gasteiger partial charge on any atom is 0.245 e. The van der Waals surface area contributed by atoms with Crippen molar-refractivity contribution >= 4 is 102 Å². The fraction of sp³-hybridized carbons (Fsp3) is 0.0182. The van der Waals surface area contributed by atoms with Crippen molar-refractivity contribution in [3.63, 3.8) is 0 Å². The molecule has 0 atom stereocenters. The lowest BCUT2D eigenvalue weighted by atomic mass is 10.0. The van der Waals surface area contributed by atoms with Crippen LogP contribution in [0.1, 0.15) is 16.7 Å². The van der Waals surface area contributed by atoms with Crippen LogP contribution >= 0.6 is 11.3 Å². The van der Waals surface area contributed by atoms with Crippen LogP contribution < -0.4 is 31.1 Å². The summed E-state index contributed by atoms with van der Waals surface area (Å²) in [6.07, 6.45) is 1.63. The van der Waals surface area contributed by atoms with E-state index in [2.05, 4.69) is 206 Å². The van der Waals surface area contributed by atoms with Gasteiger partial charge in [-0.05, 0) is 49.5 Å². The van der Waals surface area contributed by atoms with E-state index >= 15 is 0 Å². The summed E-state index contributed by atoms with van der Waals surface area (Å²) in [4.78, 5) is 22.1. The normalized spacial score (nSPS) is 11.6. The predicted octanol–water partition coefficient (Wildman–Crippen LogP) is 7.96. The molecule has 4 aromatic heterocycles. The van der Waals surface area contributed by atoms with E-state index in [9.17, 15) is 0 Å². The Morgan fingerprint density at radius 2 is 0.810 bits per heavy atom. The highest BCUT2D eigenvalue weighted by Gasteiger charge is 2.40. The molecule has 296 valence electrons. The summed E-state index contributed by atoms with van der Waals surface area (Å²) in [6.45, 7) is 2.12. The molecule has 7 aromatic carbocycles. The number of furan rings is 1. The van der Waals surface area contributed by atoms with Gasteiger partial charge in [0.15, 0.2) is 0 Å². The van der Waals surface area contributed by atoms with Crippen molar-refractivity contribution in [2.45, 2.75) is 6.92 Å². The summed E-state index contributed by atoms with van der Waals surface area (Å²) in [5.41, 5.74) is 14.8. The Hall–Kier alpha value is -7.73. The molecule has 0 fully saturated rings. The van der Waals surface area contributed by atoms with Crippen LogP contribution in [0.4, 0.5) is 0 Å². The first kappa shape index (κ1) is 38.2. The summed E-state index contributed by atoms with van der Waals surface area (Å²) in [5.74, 6) is 7.61. The quantitative estimate of drug-likeness (QED) is 0.0736. The maximum atomic E-state index is 5.96. The van der Waals surface area contributed by atoms with Gasteiger partial charge in [0, 0.05) is 6.07 Å². The van der Waals surface area contributed by atoms with E-state index in [0.29, 0.717) is 44.4 Å². The van der Waals surface area contributed by atoms with Gasteiger partial charge in [-0.2, -0.15) is 0 Å². The van der Waals surface area contributed by atoms with Gasteiger partial charge in [-0.15, -0.1) is 22.4 Å². The lowest BCUT2D eigenvalue weighted by Crippen LogP contribution is -2.66. The highest BCUT2D eigenvalue weighted by Crippen LogP contribution is 2.32. The van der Waals surface area contributed by atoms with E-state index in [1.54, 1.807) is 17.6 Å². The van der Waals surface area contributed by atoms with E-state index in [4.69, 9.17) is 24.4 Å². The predicted molar refractivity (Wildman–Crippen MR) is 264 cm³/mol. The van der Waals surface area contributed by atoms with Gasteiger partial charge < -0.3 is 4.42 Å². The molecule has 0 aliphatic heterocycles. The fourth-order valence-corrected chi connectivity index (χ4v) is 17.1. The number of benzene rings is 7. The highest BCUT2D eigenvalue weighted by atomic mass is 32.1. The van der Waals surface area contributed by atoms with Crippen LogP contribution in [0.25, 0.3) is 43.6 Å².